The van der Waals surface area contributed by atoms with E-state index in [0.717, 1.165) is 11.6 Å². The van der Waals surface area contributed by atoms with Crippen molar-refractivity contribution >= 4 is 5.91 Å². The molecule has 8 heteroatoms. The van der Waals surface area contributed by atoms with E-state index < -0.39 is 11.7 Å². The minimum absolute atomic E-state index is 0.00631. The van der Waals surface area contributed by atoms with Crippen LogP contribution in [0.5, 0.6) is 0 Å². The Kier molecular flexibility index (Phi) is 5.31. The summed E-state index contributed by atoms with van der Waals surface area (Å²) in [5.74, 6) is 0.00631. The van der Waals surface area contributed by atoms with Gasteiger partial charge in [-0.05, 0) is 24.1 Å². The summed E-state index contributed by atoms with van der Waals surface area (Å²) in [6, 6.07) is 5.41. The number of amides is 1. The number of nitrogens with zero attached hydrogens (tertiary/aromatic N) is 4. The fraction of sp³-hybridized carbons (Fsp3) is 0.444. The fourth-order valence-corrected chi connectivity index (χ4v) is 3.05. The molecule has 140 valence electrons. The minimum Gasteiger partial charge on any atom is -0.339 e. The van der Waals surface area contributed by atoms with Gasteiger partial charge in [0.15, 0.2) is 0 Å². The zero-order chi connectivity index (χ0) is 18.7. The van der Waals surface area contributed by atoms with Crippen LogP contribution in [0.1, 0.15) is 16.7 Å². The van der Waals surface area contributed by atoms with Gasteiger partial charge in [0.25, 0.3) is 0 Å². The Bertz CT molecular complexity index is 764. The fourth-order valence-electron chi connectivity index (χ4n) is 3.05. The quantitative estimate of drug-likeness (QED) is 0.835. The summed E-state index contributed by atoms with van der Waals surface area (Å²) >= 11 is 0. The molecule has 0 aliphatic carbocycles. The molecule has 3 rings (SSSR count). The number of carbonyl (C=O) groups excluding carboxylic acids is 1. The van der Waals surface area contributed by atoms with Gasteiger partial charge in [0.05, 0.1) is 11.8 Å². The molecule has 0 N–H and O–H groups in total. The first-order valence-corrected chi connectivity index (χ1v) is 8.46. The Morgan fingerprint density at radius 3 is 2.54 bits per heavy atom. The number of hydrogen-bond donors (Lipinski definition) is 0. The molecule has 0 unspecified atom stereocenters. The standard InChI is InChI=1S/C18H21F3N4O/c1-14-10-22-25(11-14)13-17(26)24-7-5-23(6-8-24)12-15-3-2-4-16(9-15)18(19,20)21/h2-4,9-11H,5-8,12-13H2,1H3. The van der Waals surface area contributed by atoms with Gasteiger partial charge in [-0.15, -0.1) is 0 Å². The van der Waals surface area contributed by atoms with E-state index in [2.05, 4.69) is 10.00 Å². The van der Waals surface area contributed by atoms with Gasteiger partial charge in [0, 0.05) is 38.9 Å². The number of hydrogen-bond acceptors (Lipinski definition) is 3. The van der Waals surface area contributed by atoms with Crippen LogP contribution in [0.3, 0.4) is 0 Å². The van der Waals surface area contributed by atoms with Gasteiger partial charge in [0.2, 0.25) is 5.91 Å². The molecule has 0 atom stereocenters. The average molecular weight is 366 g/mol. The lowest BCUT2D eigenvalue weighted by molar-refractivity contribution is -0.137. The lowest BCUT2D eigenvalue weighted by Crippen LogP contribution is -2.49. The number of halogens is 3. The summed E-state index contributed by atoms with van der Waals surface area (Å²) in [4.78, 5) is 16.2. The molecule has 5 nitrogen and oxygen atoms in total. The van der Waals surface area contributed by atoms with Crippen LogP contribution in [0.4, 0.5) is 13.2 Å². The van der Waals surface area contributed by atoms with Crippen LogP contribution < -0.4 is 0 Å². The molecule has 1 aromatic carbocycles. The predicted octanol–water partition coefficient (Wildman–Crippen LogP) is 2.55. The Labute approximate surface area is 150 Å². The van der Waals surface area contributed by atoms with E-state index in [-0.39, 0.29) is 12.5 Å². The second-order valence-electron chi connectivity index (χ2n) is 6.57. The third-order valence-corrected chi connectivity index (χ3v) is 4.45. The van der Waals surface area contributed by atoms with Gasteiger partial charge >= 0.3 is 6.18 Å². The van der Waals surface area contributed by atoms with E-state index in [0.29, 0.717) is 38.3 Å². The molecule has 2 aromatic rings. The molecule has 1 aliphatic rings. The second-order valence-corrected chi connectivity index (χ2v) is 6.57. The Morgan fingerprint density at radius 2 is 1.92 bits per heavy atom. The minimum atomic E-state index is -4.33. The van der Waals surface area contributed by atoms with Crippen molar-refractivity contribution < 1.29 is 18.0 Å². The van der Waals surface area contributed by atoms with E-state index in [4.69, 9.17) is 0 Å². The second kappa shape index (κ2) is 7.49. The molecular formula is C18H21F3N4O. The highest BCUT2D eigenvalue weighted by Gasteiger charge is 2.30. The number of carbonyl (C=O) groups is 1. The van der Waals surface area contributed by atoms with Crippen LogP contribution in [0, 0.1) is 6.92 Å². The maximum atomic E-state index is 12.8. The van der Waals surface area contributed by atoms with Crippen LogP contribution in [0.15, 0.2) is 36.7 Å². The van der Waals surface area contributed by atoms with E-state index in [1.54, 1.807) is 21.8 Å². The molecule has 0 bridgehead atoms. The molecule has 0 radical (unpaired) electrons. The lowest BCUT2D eigenvalue weighted by Gasteiger charge is -2.34. The molecule has 26 heavy (non-hydrogen) atoms. The molecule has 1 amide bonds. The van der Waals surface area contributed by atoms with Gasteiger partial charge in [-0.2, -0.15) is 18.3 Å². The largest absolute Gasteiger partial charge is 0.416 e. The van der Waals surface area contributed by atoms with Gasteiger partial charge in [-0.1, -0.05) is 18.2 Å². The molecule has 1 saturated heterocycles. The number of rotatable bonds is 4. The van der Waals surface area contributed by atoms with Crippen molar-refractivity contribution in [1.82, 2.24) is 19.6 Å². The van der Waals surface area contributed by atoms with E-state index in [1.165, 1.54) is 12.1 Å². The zero-order valence-corrected chi connectivity index (χ0v) is 14.5. The first-order chi connectivity index (χ1) is 12.3. The normalized spacial score (nSPS) is 16.1. The summed E-state index contributed by atoms with van der Waals surface area (Å²) in [6.07, 6.45) is -0.798. The smallest absolute Gasteiger partial charge is 0.339 e. The van der Waals surface area contributed by atoms with E-state index in [9.17, 15) is 18.0 Å². The third kappa shape index (κ3) is 4.63. The van der Waals surface area contributed by atoms with Gasteiger partial charge < -0.3 is 4.90 Å². The Hall–Kier alpha value is -2.35. The highest BCUT2D eigenvalue weighted by atomic mass is 19.4. The summed E-state index contributed by atoms with van der Waals surface area (Å²) in [5.41, 5.74) is 1.01. The van der Waals surface area contributed by atoms with Crippen LogP contribution in [-0.2, 0) is 24.1 Å². The highest BCUT2D eigenvalue weighted by molar-refractivity contribution is 5.76. The van der Waals surface area contributed by atoms with Crippen molar-refractivity contribution in [3.63, 3.8) is 0 Å². The SMILES string of the molecule is Cc1cnn(CC(=O)N2CCN(Cc3cccc(C(F)(F)F)c3)CC2)c1. The van der Waals surface area contributed by atoms with Crippen LogP contribution in [0.2, 0.25) is 0 Å². The monoisotopic (exact) mass is 366 g/mol. The van der Waals surface area contributed by atoms with Gasteiger partial charge in [-0.3, -0.25) is 14.4 Å². The Morgan fingerprint density at radius 1 is 1.19 bits per heavy atom. The summed E-state index contributed by atoms with van der Waals surface area (Å²) in [6.45, 7) is 4.99. The molecule has 0 spiro atoms. The van der Waals surface area contributed by atoms with Gasteiger partial charge in [-0.25, -0.2) is 0 Å². The van der Waals surface area contributed by atoms with E-state index in [1.807, 2.05) is 13.1 Å². The molecular weight excluding hydrogens is 345 g/mol. The number of aryl methyl sites for hydroxylation is 1. The molecule has 1 aliphatic heterocycles. The lowest BCUT2D eigenvalue weighted by atomic mass is 10.1. The molecule has 1 aromatic heterocycles. The third-order valence-electron chi connectivity index (χ3n) is 4.45. The summed E-state index contributed by atoms with van der Waals surface area (Å²) in [5, 5.41) is 4.12. The number of benzene rings is 1. The van der Waals surface area contributed by atoms with Crippen molar-refractivity contribution in [3.05, 3.63) is 53.3 Å². The van der Waals surface area contributed by atoms with E-state index >= 15 is 0 Å². The summed E-state index contributed by atoms with van der Waals surface area (Å²) in [7, 11) is 0. The van der Waals surface area contributed by atoms with Crippen molar-refractivity contribution in [2.75, 3.05) is 26.2 Å². The first-order valence-electron chi connectivity index (χ1n) is 8.46. The number of alkyl halides is 3. The predicted molar refractivity (Wildman–Crippen MR) is 90.3 cm³/mol. The Balaban J connectivity index is 1.51. The maximum Gasteiger partial charge on any atom is 0.416 e. The number of piperazine rings is 1. The molecule has 2 heterocycles. The first kappa shape index (κ1) is 18.4. The molecule has 0 saturated carbocycles. The average Bonchev–Trinajstić information content (AvgIpc) is 3.00. The van der Waals surface area contributed by atoms with Crippen molar-refractivity contribution in [2.24, 2.45) is 0 Å². The van der Waals surface area contributed by atoms with Crippen LogP contribution >= 0.6 is 0 Å². The topological polar surface area (TPSA) is 41.4 Å². The summed E-state index contributed by atoms with van der Waals surface area (Å²) < 4.78 is 40.0. The number of aromatic nitrogens is 2. The van der Waals surface area contributed by atoms with Crippen molar-refractivity contribution in [1.29, 1.82) is 0 Å². The van der Waals surface area contributed by atoms with Crippen molar-refractivity contribution in [2.45, 2.75) is 26.2 Å². The van der Waals surface area contributed by atoms with Gasteiger partial charge in [0.1, 0.15) is 6.54 Å². The zero-order valence-electron chi connectivity index (χ0n) is 14.5. The molecule has 1 fully saturated rings. The highest BCUT2D eigenvalue weighted by Crippen LogP contribution is 2.29. The van der Waals surface area contributed by atoms with Crippen molar-refractivity contribution in [3.8, 4) is 0 Å². The van der Waals surface area contributed by atoms with Crippen LogP contribution in [0.25, 0.3) is 0 Å². The maximum absolute atomic E-state index is 12.8. The van der Waals surface area contributed by atoms with Crippen LogP contribution in [-0.4, -0.2) is 51.7 Å².